The van der Waals surface area contributed by atoms with Crippen LogP contribution in [0.2, 0.25) is 0 Å². The molecule has 0 radical (unpaired) electrons. The molecular formula is C16H12N2O3. The molecule has 5 nitrogen and oxygen atoms in total. The number of nitrogens with two attached hydrogens (primary N) is 1. The molecule has 0 fully saturated rings. The van der Waals surface area contributed by atoms with Crippen molar-refractivity contribution < 1.29 is 14.7 Å². The van der Waals surface area contributed by atoms with Crippen molar-refractivity contribution in [2.24, 2.45) is 0 Å². The number of nitrogens with one attached hydrogen (secondary N) is 1. The van der Waals surface area contributed by atoms with Crippen molar-refractivity contribution in [1.82, 2.24) is 0 Å². The maximum Gasteiger partial charge on any atom is 0.259 e. The fourth-order valence-corrected chi connectivity index (χ4v) is 2.30. The molecule has 1 heterocycles. The number of fused-ring (bicyclic) bond motifs is 1. The second-order valence-corrected chi connectivity index (χ2v) is 4.71. The zero-order valence-electron chi connectivity index (χ0n) is 11.0. The first-order valence-electron chi connectivity index (χ1n) is 6.30. The highest BCUT2D eigenvalue weighted by molar-refractivity contribution is 6.31. The Hall–Kier alpha value is -3.08. The number of hydrogen-bond donors (Lipinski definition) is 3. The van der Waals surface area contributed by atoms with Gasteiger partial charge in [0.25, 0.3) is 5.91 Å². The van der Waals surface area contributed by atoms with Crippen LogP contribution in [0.4, 0.5) is 11.4 Å². The zero-order valence-corrected chi connectivity index (χ0v) is 11.0. The fraction of sp³-hybridized carbons (Fsp3) is 0. The lowest BCUT2D eigenvalue weighted by molar-refractivity contribution is -0.110. The molecule has 0 bridgehead atoms. The van der Waals surface area contributed by atoms with Crippen LogP contribution in [0.15, 0.2) is 48.7 Å². The average molecular weight is 280 g/mol. The first-order chi connectivity index (χ1) is 10.1. The number of hydrogen-bond acceptors (Lipinski definition) is 4. The molecule has 0 aromatic heterocycles. The Kier molecular flexibility index (Phi) is 2.95. The normalized spacial score (nSPS) is 14.9. The monoisotopic (exact) mass is 280 g/mol. The smallest absolute Gasteiger partial charge is 0.259 e. The van der Waals surface area contributed by atoms with Crippen molar-refractivity contribution in [2.75, 3.05) is 11.1 Å². The van der Waals surface area contributed by atoms with Crippen LogP contribution >= 0.6 is 0 Å². The van der Waals surface area contributed by atoms with Gasteiger partial charge in [0.2, 0.25) is 0 Å². The predicted octanol–water partition coefficient (Wildman–Crippen LogP) is 2.35. The predicted molar refractivity (Wildman–Crippen MR) is 80.0 cm³/mol. The molecule has 21 heavy (non-hydrogen) atoms. The van der Waals surface area contributed by atoms with Gasteiger partial charge in [-0.2, -0.15) is 0 Å². The molecule has 4 N–H and O–H groups in total. The number of nitrogen functional groups attached to an aromatic ring is 1. The van der Waals surface area contributed by atoms with E-state index in [1.807, 2.05) is 0 Å². The van der Waals surface area contributed by atoms with E-state index in [4.69, 9.17) is 10.8 Å². The number of carbonyl (C=O) groups excluding carboxylic acids is 2. The standard InChI is InChI=1S/C16H12N2O3/c17-11-3-1-2-9(6-11)15(20)10-4-5-14-12(7-10)13(8-19)16(21)18-14/h1-8,19H,17H2,(H,18,21). The highest BCUT2D eigenvalue weighted by Gasteiger charge is 2.25. The third-order valence-electron chi connectivity index (χ3n) is 3.34. The fourth-order valence-electron chi connectivity index (χ4n) is 2.30. The summed E-state index contributed by atoms with van der Waals surface area (Å²) in [7, 11) is 0. The van der Waals surface area contributed by atoms with Crippen LogP contribution in [0.5, 0.6) is 0 Å². The summed E-state index contributed by atoms with van der Waals surface area (Å²) >= 11 is 0. The van der Waals surface area contributed by atoms with Crippen LogP contribution in [0, 0.1) is 0 Å². The lowest BCUT2D eigenvalue weighted by Gasteiger charge is -2.05. The summed E-state index contributed by atoms with van der Waals surface area (Å²) < 4.78 is 0. The lowest BCUT2D eigenvalue weighted by Crippen LogP contribution is -2.03. The van der Waals surface area contributed by atoms with Crippen LogP contribution in [0.1, 0.15) is 21.5 Å². The first kappa shape index (κ1) is 12.9. The summed E-state index contributed by atoms with van der Waals surface area (Å²) in [6.45, 7) is 0. The Balaban J connectivity index is 2.04. The van der Waals surface area contributed by atoms with Crippen molar-refractivity contribution in [1.29, 1.82) is 0 Å². The highest BCUT2D eigenvalue weighted by atomic mass is 16.2. The number of carbonyl (C=O) groups is 2. The molecule has 5 heteroatoms. The van der Waals surface area contributed by atoms with Gasteiger partial charge in [-0.25, -0.2) is 0 Å². The third kappa shape index (κ3) is 2.14. The molecular weight excluding hydrogens is 268 g/mol. The third-order valence-corrected chi connectivity index (χ3v) is 3.34. The van der Waals surface area contributed by atoms with Gasteiger partial charge in [-0.05, 0) is 30.3 Å². The summed E-state index contributed by atoms with van der Waals surface area (Å²) in [6.07, 6.45) is 0.746. The Bertz CT molecular complexity index is 794. The number of benzene rings is 2. The first-order valence-corrected chi connectivity index (χ1v) is 6.30. The minimum absolute atomic E-state index is 0.146. The van der Waals surface area contributed by atoms with Crippen LogP contribution in [0.25, 0.3) is 5.57 Å². The molecule has 0 saturated heterocycles. The topological polar surface area (TPSA) is 92.4 Å². The molecule has 2 aromatic carbocycles. The molecule has 1 aliphatic heterocycles. The summed E-state index contributed by atoms with van der Waals surface area (Å²) in [4.78, 5) is 24.0. The van der Waals surface area contributed by atoms with Gasteiger partial charge in [-0.15, -0.1) is 0 Å². The van der Waals surface area contributed by atoms with E-state index in [-0.39, 0.29) is 17.3 Å². The van der Waals surface area contributed by atoms with Gasteiger partial charge in [0, 0.05) is 28.1 Å². The van der Waals surface area contributed by atoms with E-state index in [1.165, 1.54) is 0 Å². The van der Waals surface area contributed by atoms with Crippen LogP contribution in [-0.4, -0.2) is 16.8 Å². The SMILES string of the molecule is Nc1cccc(C(=O)c2ccc3c(c2)C(=CO)C(=O)N3)c1. The van der Waals surface area contributed by atoms with Crippen LogP contribution in [0.3, 0.4) is 0 Å². The van der Waals surface area contributed by atoms with Gasteiger partial charge in [0.15, 0.2) is 5.78 Å². The van der Waals surface area contributed by atoms with Crippen LogP contribution in [-0.2, 0) is 4.79 Å². The van der Waals surface area contributed by atoms with Crippen molar-refractivity contribution >= 4 is 28.6 Å². The molecule has 0 atom stereocenters. The Morgan fingerprint density at radius 3 is 2.62 bits per heavy atom. The van der Waals surface area contributed by atoms with E-state index in [2.05, 4.69) is 5.32 Å². The van der Waals surface area contributed by atoms with Gasteiger partial charge >= 0.3 is 0 Å². The van der Waals surface area contributed by atoms with E-state index < -0.39 is 0 Å². The molecule has 3 rings (SSSR count). The van der Waals surface area contributed by atoms with E-state index in [0.717, 1.165) is 6.26 Å². The molecule has 0 aliphatic carbocycles. The van der Waals surface area contributed by atoms with Crippen molar-refractivity contribution in [3.8, 4) is 0 Å². The maximum absolute atomic E-state index is 12.4. The van der Waals surface area contributed by atoms with Gasteiger partial charge in [-0.1, -0.05) is 12.1 Å². The lowest BCUT2D eigenvalue weighted by atomic mass is 9.98. The number of rotatable bonds is 2. The summed E-state index contributed by atoms with van der Waals surface area (Å²) in [5, 5.41) is 11.8. The largest absolute Gasteiger partial charge is 0.515 e. The number of amides is 1. The Labute approximate surface area is 120 Å². The number of aliphatic hydroxyl groups is 1. The number of aliphatic hydroxyl groups excluding tert-OH is 1. The Morgan fingerprint density at radius 1 is 1.14 bits per heavy atom. The molecule has 0 spiro atoms. The van der Waals surface area contributed by atoms with Gasteiger partial charge < -0.3 is 16.2 Å². The van der Waals surface area contributed by atoms with E-state index in [1.54, 1.807) is 42.5 Å². The minimum atomic E-state index is -0.388. The van der Waals surface area contributed by atoms with E-state index in [0.29, 0.717) is 28.1 Å². The summed E-state index contributed by atoms with van der Waals surface area (Å²) in [6, 6.07) is 11.5. The summed E-state index contributed by atoms with van der Waals surface area (Å²) in [5.74, 6) is -0.581. The Morgan fingerprint density at radius 2 is 1.90 bits per heavy atom. The maximum atomic E-state index is 12.4. The molecule has 104 valence electrons. The van der Waals surface area contributed by atoms with Crippen molar-refractivity contribution in [3.05, 3.63) is 65.4 Å². The highest BCUT2D eigenvalue weighted by Crippen LogP contribution is 2.32. The van der Waals surface area contributed by atoms with Gasteiger partial charge in [0.05, 0.1) is 11.8 Å². The quantitative estimate of drug-likeness (QED) is 0.341. The van der Waals surface area contributed by atoms with Crippen LogP contribution < -0.4 is 11.1 Å². The average Bonchev–Trinajstić information content (AvgIpc) is 2.80. The van der Waals surface area contributed by atoms with Gasteiger partial charge in [0.1, 0.15) is 0 Å². The molecule has 0 unspecified atom stereocenters. The van der Waals surface area contributed by atoms with Crippen molar-refractivity contribution in [3.63, 3.8) is 0 Å². The van der Waals surface area contributed by atoms with Gasteiger partial charge in [-0.3, -0.25) is 9.59 Å². The molecule has 0 saturated carbocycles. The van der Waals surface area contributed by atoms with Crippen molar-refractivity contribution in [2.45, 2.75) is 0 Å². The molecule has 1 aliphatic rings. The molecule has 2 aromatic rings. The summed E-state index contributed by atoms with van der Waals surface area (Å²) in [5.41, 5.74) is 8.32. The molecule has 1 amide bonds. The second kappa shape index (κ2) is 4.79. The minimum Gasteiger partial charge on any atom is -0.515 e. The number of anilines is 2. The second-order valence-electron chi connectivity index (χ2n) is 4.71. The number of ketones is 1. The van der Waals surface area contributed by atoms with E-state index >= 15 is 0 Å². The zero-order chi connectivity index (χ0) is 15.0. The van der Waals surface area contributed by atoms with E-state index in [9.17, 15) is 9.59 Å².